The van der Waals surface area contributed by atoms with Crippen molar-refractivity contribution in [3.8, 4) is 11.3 Å². The quantitative estimate of drug-likeness (QED) is 0.696. The number of aromatic nitrogens is 1. The van der Waals surface area contributed by atoms with Crippen molar-refractivity contribution in [1.29, 1.82) is 0 Å². The van der Waals surface area contributed by atoms with Crippen molar-refractivity contribution in [2.45, 2.75) is 9.79 Å². The fourth-order valence-corrected chi connectivity index (χ4v) is 4.25. The van der Waals surface area contributed by atoms with Crippen LogP contribution in [-0.2, 0) is 19.7 Å². The summed E-state index contributed by atoms with van der Waals surface area (Å²) in [4.78, 5) is 5.00. The lowest BCUT2D eigenvalue weighted by molar-refractivity contribution is 0.600. The second-order valence-electron chi connectivity index (χ2n) is 5.76. The molecule has 0 atom stereocenters. The molecule has 9 heteroatoms. The predicted molar refractivity (Wildman–Crippen MR) is 103 cm³/mol. The summed E-state index contributed by atoms with van der Waals surface area (Å²) in [6.07, 6.45) is 2.33. The lowest BCUT2D eigenvalue weighted by atomic mass is 10.2. The molecule has 2 aromatic carbocycles. The standard InChI is InChI=1S/C17H16N2O4S3/c1-25(20,21)14-7-3-12(4-8-14)16-11-24-17(19-16)18-13-5-9-15(10-6-13)26(2,22)23/h3-11H,1-2H3,(H,18,19). The first kappa shape index (κ1) is 18.6. The van der Waals surface area contributed by atoms with Gasteiger partial charge in [-0.1, -0.05) is 12.1 Å². The molecule has 0 aliphatic rings. The highest BCUT2D eigenvalue weighted by Crippen LogP contribution is 2.28. The summed E-state index contributed by atoms with van der Waals surface area (Å²) in [6, 6.07) is 13.0. The average molecular weight is 409 g/mol. The number of rotatable bonds is 5. The Balaban J connectivity index is 1.78. The molecule has 1 aromatic heterocycles. The number of nitrogens with zero attached hydrogens (tertiary/aromatic N) is 1. The van der Waals surface area contributed by atoms with Gasteiger partial charge in [0, 0.05) is 29.1 Å². The summed E-state index contributed by atoms with van der Waals surface area (Å²) in [6.45, 7) is 0. The van der Waals surface area contributed by atoms with Crippen molar-refractivity contribution in [2.24, 2.45) is 0 Å². The first-order chi connectivity index (χ1) is 12.1. The molecule has 1 N–H and O–H groups in total. The number of thiazole rings is 1. The maximum absolute atomic E-state index is 11.5. The monoisotopic (exact) mass is 408 g/mol. The van der Waals surface area contributed by atoms with E-state index in [4.69, 9.17) is 0 Å². The second kappa shape index (κ2) is 6.82. The number of hydrogen-bond donors (Lipinski definition) is 1. The van der Waals surface area contributed by atoms with Crippen LogP contribution in [-0.4, -0.2) is 34.3 Å². The lowest BCUT2D eigenvalue weighted by Gasteiger charge is -2.04. The topological polar surface area (TPSA) is 93.2 Å². The molecule has 3 rings (SSSR count). The van der Waals surface area contributed by atoms with Crippen LogP contribution in [0.5, 0.6) is 0 Å². The van der Waals surface area contributed by atoms with Gasteiger partial charge in [-0.05, 0) is 36.4 Å². The highest BCUT2D eigenvalue weighted by atomic mass is 32.2. The van der Waals surface area contributed by atoms with E-state index in [2.05, 4.69) is 10.3 Å². The van der Waals surface area contributed by atoms with Gasteiger partial charge in [-0.2, -0.15) is 0 Å². The maximum Gasteiger partial charge on any atom is 0.187 e. The molecule has 0 amide bonds. The van der Waals surface area contributed by atoms with Gasteiger partial charge in [0.25, 0.3) is 0 Å². The molecule has 3 aromatic rings. The van der Waals surface area contributed by atoms with Crippen molar-refractivity contribution in [2.75, 3.05) is 17.8 Å². The normalized spacial score (nSPS) is 12.1. The van der Waals surface area contributed by atoms with Gasteiger partial charge in [-0.15, -0.1) is 11.3 Å². The molecule has 0 saturated carbocycles. The Morgan fingerprint density at radius 1 is 0.808 bits per heavy atom. The molecule has 26 heavy (non-hydrogen) atoms. The van der Waals surface area contributed by atoms with Crippen molar-refractivity contribution in [3.63, 3.8) is 0 Å². The minimum atomic E-state index is -3.22. The number of hydrogen-bond acceptors (Lipinski definition) is 7. The molecule has 0 unspecified atom stereocenters. The Morgan fingerprint density at radius 3 is 1.81 bits per heavy atom. The third-order valence-corrected chi connectivity index (χ3v) is 6.63. The van der Waals surface area contributed by atoms with Crippen LogP contribution in [0.4, 0.5) is 10.8 Å². The summed E-state index contributed by atoms with van der Waals surface area (Å²) >= 11 is 1.40. The van der Waals surface area contributed by atoms with Gasteiger partial charge in [0.2, 0.25) is 0 Å². The minimum Gasteiger partial charge on any atom is -0.332 e. The highest BCUT2D eigenvalue weighted by Gasteiger charge is 2.10. The summed E-state index contributed by atoms with van der Waals surface area (Å²) in [5.41, 5.74) is 2.27. The molecule has 0 saturated heterocycles. The Kier molecular flexibility index (Phi) is 4.87. The molecule has 0 spiro atoms. The van der Waals surface area contributed by atoms with E-state index in [1.54, 1.807) is 36.4 Å². The van der Waals surface area contributed by atoms with Gasteiger partial charge < -0.3 is 5.32 Å². The zero-order valence-electron chi connectivity index (χ0n) is 14.0. The third-order valence-electron chi connectivity index (χ3n) is 3.62. The van der Waals surface area contributed by atoms with Gasteiger partial charge >= 0.3 is 0 Å². The van der Waals surface area contributed by atoms with E-state index < -0.39 is 19.7 Å². The Hall–Kier alpha value is -2.23. The molecule has 0 fully saturated rings. The van der Waals surface area contributed by atoms with E-state index in [9.17, 15) is 16.8 Å². The SMILES string of the molecule is CS(=O)(=O)c1ccc(Nc2nc(-c3ccc(S(C)(=O)=O)cc3)cs2)cc1. The molecule has 0 aliphatic heterocycles. The fourth-order valence-electron chi connectivity index (χ4n) is 2.25. The number of nitrogens with one attached hydrogen (secondary N) is 1. The zero-order chi connectivity index (χ0) is 18.9. The predicted octanol–water partition coefficient (Wildman–Crippen LogP) is 3.36. The molecule has 136 valence electrons. The van der Waals surface area contributed by atoms with Crippen LogP contribution in [0.2, 0.25) is 0 Å². The maximum atomic E-state index is 11.5. The molecular weight excluding hydrogens is 392 g/mol. The van der Waals surface area contributed by atoms with Gasteiger partial charge in [0.1, 0.15) is 0 Å². The highest BCUT2D eigenvalue weighted by molar-refractivity contribution is 7.91. The van der Waals surface area contributed by atoms with E-state index in [0.29, 0.717) is 5.13 Å². The number of anilines is 2. The molecule has 0 aliphatic carbocycles. The van der Waals surface area contributed by atoms with Crippen LogP contribution in [0.1, 0.15) is 0 Å². The second-order valence-corrected chi connectivity index (χ2v) is 10.6. The Bertz CT molecular complexity index is 1130. The van der Waals surface area contributed by atoms with E-state index in [-0.39, 0.29) is 9.79 Å². The first-order valence-corrected chi connectivity index (χ1v) is 12.1. The van der Waals surface area contributed by atoms with Gasteiger partial charge in [0.15, 0.2) is 24.8 Å². The summed E-state index contributed by atoms with van der Waals surface area (Å²) in [7, 11) is -6.45. The molecular formula is C17H16N2O4S3. The lowest BCUT2D eigenvalue weighted by Crippen LogP contribution is -1.97. The smallest absolute Gasteiger partial charge is 0.187 e. The van der Waals surface area contributed by atoms with E-state index in [1.165, 1.54) is 29.7 Å². The van der Waals surface area contributed by atoms with Crippen molar-refractivity contribution < 1.29 is 16.8 Å². The zero-order valence-corrected chi connectivity index (χ0v) is 16.5. The Labute approximate surface area is 156 Å². The summed E-state index contributed by atoms with van der Waals surface area (Å²) in [5, 5.41) is 5.64. The summed E-state index contributed by atoms with van der Waals surface area (Å²) < 4.78 is 46.0. The van der Waals surface area contributed by atoms with Crippen LogP contribution >= 0.6 is 11.3 Å². The average Bonchev–Trinajstić information content (AvgIpc) is 3.02. The van der Waals surface area contributed by atoms with E-state index >= 15 is 0 Å². The first-order valence-electron chi connectivity index (χ1n) is 7.46. The van der Waals surface area contributed by atoms with Crippen molar-refractivity contribution in [3.05, 3.63) is 53.9 Å². The molecule has 0 bridgehead atoms. The number of benzene rings is 2. The van der Waals surface area contributed by atoms with Crippen LogP contribution in [0.25, 0.3) is 11.3 Å². The van der Waals surface area contributed by atoms with Gasteiger partial charge in [0.05, 0.1) is 15.5 Å². The van der Waals surface area contributed by atoms with Crippen LogP contribution in [0.15, 0.2) is 63.7 Å². The molecule has 1 heterocycles. The van der Waals surface area contributed by atoms with Crippen LogP contribution in [0, 0.1) is 0 Å². The van der Waals surface area contributed by atoms with Crippen LogP contribution in [0.3, 0.4) is 0 Å². The Morgan fingerprint density at radius 2 is 1.31 bits per heavy atom. The number of sulfone groups is 2. The van der Waals surface area contributed by atoms with Gasteiger partial charge in [-0.25, -0.2) is 21.8 Å². The van der Waals surface area contributed by atoms with Crippen molar-refractivity contribution in [1.82, 2.24) is 4.98 Å². The van der Waals surface area contributed by atoms with Gasteiger partial charge in [-0.3, -0.25) is 0 Å². The molecule has 0 radical (unpaired) electrons. The largest absolute Gasteiger partial charge is 0.332 e. The molecule has 6 nitrogen and oxygen atoms in total. The minimum absolute atomic E-state index is 0.258. The van der Waals surface area contributed by atoms with Crippen molar-refractivity contribution >= 4 is 41.8 Å². The van der Waals surface area contributed by atoms with E-state index in [0.717, 1.165) is 23.2 Å². The third kappa shape index (κ3) is 4.29. The van der Waals surface area contributed by atoms with Crippen LogP contribution < -0.4 is 5.32 Å². The fraction of sp³-hybridized carbons (Fsp3) is 0.118. The van der Waals surface area contributed by atoms with E-state index in [1.807, 2.05) is 5.38 Å². The summed E-state index contributed by atoms with van der Waals surface area (Å²) in [5.74, 6) is 0.